The Labute approximate surface area is 109 Å². The molecule has 0 amide bonds. The van der Waals surface area contributed by atoms with E-state index in [1.54, 1.807) is 6.08 Å². The van der Waals surface area contributed by atoms with Crippen LogP contribution < -0.4 is 4.90 Å². The summed E-state index contributed by atoms with van der Waals surface area (Å²) in [6, 6.07) is 0. The fraction of sp³-hybridized carbons (Fsp3) is 0.333. The lowest BCUT2D eigenvalue weighted by Gasteiger charge is -2.18. The van der Waals surface area contributed by atoms with Crippen molar-refractivity contribution in [1.82, 2.24) is 9.38 Å². The first-order valence-corrected chi connectivity index (χ1v) is 6.66. The zero-order chi connectivity index (χ0) is 13.1. The second-order valence-electron chi connectivity index (χ2n) is 3.72. The van der Waals surface area contributed by atoms with Crippen molar-refractivity contribution in [1.29, 1.82) is 0 Å². The molecule has 18 heavy (non-hydrogen) atoms. The number of aromatic nitrogens is 2. The number of aliphatic carboxylic acids is 1. The van der Waals surface area contributed by atoms with E-state index in [1.165, 1.54) is 11.3 Å². The zero-order valence-corrected chi connectivity index (χ0v) is 11.1. The standard InChI is InChI=1S/C12H15N3O2S/c1-3-14(4-2)11-9(5-6-10(16)17)15-7-8-18-12(15)13-11/h5-8H,3-4H2,1-2H3,(H,16,17)/b6-5+. The molecule has 0 atom stereocenters. The summed E-state index contributed by atoms with van der Waals surface area (Å²) in [6.07, 6.45) is 4.65. The minimum Gasteiger partial charge on any atom is -0.478 e. The smallest absolute Gasteiger partial charge is 0.328 e. The first-order valence-electron chi connectivity index (χ1n) is 5.78. The molecule has 2 heterocycles. The van der Waals surface area contributed by atoms with Crippen molar-refractivity contribution in [2.75, 3.05) is 18.0 Å². The van der Waals surface area contributed by atoms with Crippen LogP contribution in [0.1, 0.15) is 19.5 Å². The Balaban J connectivity index is 2.53. The molecule has 0 saturated heterocycles. The second-order valence-corrected chi connectivity index (χ2v) is 4.59. The average Bonchev–Trinajstić information content (AvgIpc) is 2.89. The van der Waals surface area contributed by atoms with Gasteiger partial charge < -0.3 is 10.0 Å². The van der Waals surface area contributed by atoms with Crippen LogP contribution in [0.5, 0.6) is 0 Å². The Kier molecular flexibility index (Phi) is 3.66. The molecule has 2 aromatic heterocycles. The second kappa shape index (κ2) is 5.22. The van der Waals surface area contributed by atoms with Crippen LogP contribution in [0.4, 0.5) is 5.82 Å². The molecule has 0 aromatic carbocycles. The van der Waals surface area contributed by atoms with Gasteiger partial charge in [-0.3, -0.25) is 4.40 Å². The van der Waals surface area contributed by atoms with Crippen LogP contribution in [-0.2, 0) is 4.79 Å². The maximum Gasteiger partial charge on any atom is 0.328 e. The van der Waals surface area contributed by atoms with E-state index < -0.39 is 5.97 Å². The molecule has 6 heteroatoms. The number of fused-ring (bicyclic) bond motifs is 1. The maximum absolute atomic E-state index is 10.7. The molecule has 0 aliphatic heterocycles. The molecule has 5 nitrogen and oxygen atoms in total. The highest BCUT2D eigenvalue weighted by atomic mass is 32.1. The molecule has 0 unspecified atom stereocenters. The van der Waals surface area contributed by atoms with Crippen LogP contribution in [0.3, 0.4) is 0 Å². The van der Waals surface area contributed by atoms with Crippen molar-refractivity contribution >= 4 is 34.2 Å². The van der Waals surface area contributed by atoms with Gasteiger partial charge in [0.25, 0.3) is 0 Å². The molecular formula is C12H15N3O2S. The third kappa shape index (κ3) is 2.24. The van der Waals surface area contributed by atoms with Crippen molar-refractivity contribution in [2.45, 2.75) is 13.8 Å². The highest BCUT2D eigenvalue weighted by Gasteiger charge is 2.15. The average molecular weight is 265 g/mol. The molecule has 1 N–H and O–H groups in total. The molecule has 0 saturated carbocycles. The monoisotopic (exact) mass is 265 g/mol. The third-order valence-electron chi connectivity index (χ3n) is 2.73. The van der Waals surface area contributed by atoms with Gasteiger partial charge in [-0.1, -0.05) is 0 Å². The lowest BCUT2D eigenvalue weighted by atomic mass is 10.3. The van der Waals surface area contributed by atoms with Crippen LogP contribution >= 0.6 is 11.3 Å². The summed E-state index contributed by atoms with van der Waals surface area (Å²) in [5.74, 6) is -0.116. The predicted molar refractivity (Wildman–Crippen MR) is 73.3 cm³/mol. The zero-order valence-electron chi connectivity index (χ0n) is 10.3. The number of thiazole rings is 1. The van der Waals surface area contributed by atoms with Crippen molar-refractivity contribution < 1.29 is 9.90 Å². The number of carboxylic acid groups (broad SMARTS) is 1. The first kappa shape index (κ1) is 12.6. The summed E-state index contributed by atoms with van der Waals surface area (Å²) < 4.78 is 1.91. The largest absolute Gasteiger partial charge is 0.478 e. The third-order valence-corrected chi connectivity index (χ3v) is 3.48. The van der Waals surface area contributed by atoms with Crippen molar-refractivity contribution in [2.24, 2.45) is 0 Å². The molecule has 0 fully saturated rings. The Bertz CT molecular complexity index is 581. The molecule has 0 spiro atoms. The number of hydrogen-bond acceptors (Lipinski definition) is 4. The summed E-state index contributed by atoms with van der Waals surface area (Å²) in [6.45, 7) is 5.80. The van der Waals surface area contributed by atoms with E-state index in [-0.39, 0.29) is 0 Å². The van der Waals surface area contributed by atoms with Gasteiger partial charge in [-0.05, 0) is 19.9 Å². The van der Waals surface area contributed by atoms with E-state index in [1.807, 2.05) is 16.0 Å². The summed E-state index contributed by atoms with van der Waals surface area (Å²) in [4.78, 5) is 18.2. The van der Waals surface area contributed by atoms with E-state index in [4.69, 9.17) is 5.11 Å². The lowest BCUT2D eigenvalue weighted by Crippen LogP contribution is -2.23. The summed E-state index contributed by atoms with van der Waals surface area (Å²) in [5.41, 5.74) is 0.817. The van der Waals surface area contributed by atoms with Gasteiger partial charge >= 0.3 is 5.97 Å². The van der Waals surface area contributed by atoms with Gasteiger partial charge in [-0.15, -0.1) is 11.3 Å². The number of rotatable bonds is 5. The Morgan fingerprint density at radius 3 is 2.89 bits per heavy atom. The number of hydrogen-bond donors (Lipinski definition) is 1. The Hall–Kier alpha value is -1.82. The normalized spacial score (nSPS) is 11.4. The van der Waals surface area contributed by atoms with Crippen LogP contribution in [0, 0.1) is 0 Å². The van der Waals surface area contributed by atoms with Crippen LogP contribution in [-0.4, -0.2) is 33.6 Å². The maximum atomic E-state index is 10.7. The highest BCUT2D eigenvalue weighted by molar-refractivity contribution is 7.15. The Morgan fingerprint density at radius 1 is 1.56 bits per heavy atom. The molecule has 0 aliphatic carbocycles. The minimum atomic E-state index is -0.953. The van der Waals surface area contributed by atoms with Crippen LogP contribution in [0.15, 0.2) is 17.7 Å². The van der Waals surface area contributed by atoms with Gasteiger partial charge in [-0.2, -0.15) is 0 Å². The van der Waals surface area contributed by atoms with Crippen LogP contribution in [0.25, 0.3) is 11.0 Å². The summed E-state index contributed by atoms with van der Waals surface area (Å²) in [5, 5.41) is 10.7. The molecule has 0 radical (unpaired) electrons. The molecular weight excluding hydrogens is 250 g/mol. The van der Waals surface area contributed by atoms with Gasteiger partial charge in [0.05, 0.1) is 5.69 Å². The first-order chi connectivity index (χ1) is 8.67. The number of carbonyl (C=O) groups is 1. The Morgan fingerprint density at radius 2 is 2.28 bits per heavy atom. The predicted octanol–water partition coefficient (Wildman–Crippen LogP) is 2.34. The summed E-state index contributed by atoms with van der Waals surface area (Å²) >= 11 is 1.54. The van der Waals surface area contributed by atoms with Crippen molar-refractivity contribution in [3.8, 4) is 0 Å². The fourth-order valence-corrected chi connectivity index (χ4v) is 2.57. The van der Waals surface area contributed by atoms with Gasteiger partial charge in [0, 0.05) is 30.7 Å². The van der Waals surface area contributed by atoms with E-state index in [2.05, 4.69) is 23.7 Å². The number of carboxylic acids is 1. The highest BCUT2D eigenvalue weighted by Crippen LogP contribution is 2.25. The molecule has 0 aliphatic rings. The fourth-order valence-electron chi connectivity index (χ4n) is 1.85. The van der Waals surface area contributed by atoms with E-state index in [0.717, 1.165) is 35.6 Å². The van der Waals surface area contributed by atoms with Gasteiger partial charge in [0.2, 0.25) is 0 Å². The quantitative estimate of drug-likeness (QED) is 0.843. The van der Waals surface area contributed by atoms with Gasteiger partial charge in [-0.25, -0.2) is 9.78 Å². The molecule has 2 aromatic rings. The van der Waals surface area contributed by atoms with E-state index in [9.17, 15) is 4.79 Å². The SMILES string of the molecule is CCN(CC)c1nc2sccn2c1/C=C/C(=O)O. The van der Waals surface area contributed by atoms with Crippen molar-refractivity contribution in [3.63, 3.8) is 0 Å². The van der Waals surface area contributed by atoms with E-state index in [0.29, 0.717) is 0 Å². The van der Waals surface area contributed by atoms with Crippen molar-refractivity contribution in [3.05, 3.63) is 23.3 Å². The topological polar surface area (TPSA) is 57.8 Å². The molecule has 96 valence electrons. The number of anilines is 1. The minimum absolute atomic E-state index is 0.817. The summed E-state index contributed by atoms with van der Waals surface area (Å²) in [7, 11) is 0. The number of imidazole rings is 1. The van der Waals surface area contributed by atoms with Crippen LogP contribution in [0.2, 0.25) is 0 Å². The number of nitrogens with zero attached hydrogens (tertiary/aromatic N) is 3. The van der Waals surface area contributed by atoms with E-state index >= 15 is 0 Å². The molecule has 2 rings (SSSR count). The van der Waals surface area contributed by atoms with Gasteiger partial charge in [0.15, 0.2) is 10.8 Å². The lowest BCUT2D eigenvalue weighted by molar-refractivity contribution is -0.131. The molecule has 0 bridgehead atoms. The van der Waals surface area contributed by atoms with Gasteiger partial charge in [0.1, 0.15) is 0 Å².